The fourth-order valence-corrected chi connectivity index (χ4v) is 1.76. The number of pyridine rings is 1. The second-order valence-corrected chi connectivity index (χ2v) is 4.32. The van der Waals surface area contributed by atoms with Crippen LogP contribution in [0.5, 0.6) is 5.88 Å². The highest BCUT2D eigenvalue weighted by Gasteiger charge is 2.14. The van der Waals surface area contributed by atoms with Crippen LogP contribution in [0.15, 0.2) is 22.8 Å². The van der Waals surface area contributed by atoms with Gasteiger partial charge in [0.2, 0.25) is 5.88 Å². The third-order valence-electron chi connectivity index (χ3n) is 2.24. The molecule has 1 aromatic heterocycles. The number of nitrogens with one attached hydrogen (secondary N) is 1. The fraction of sp³-hybridized carbons (Fsp3) is 0.500. The van der Waals surface area contributed by atoms with Crippen LogP contribution in [-0.4, -0.2) is 24.2 Å². The molecule has 3 nitrogen and oxygen atoms in total. The van der Waals surface area contributed by atoms with Crippen LogP contribution < -0.4 is 10.1 Å². The fourth-order valence-electron chi connectivity index (χ4n) is 1.52. The van der Waals surface area contributed by atoms with E-state index < -0.39 is 0 Å². The molecule has 0 radical (unpaired) electrons. The summed E-state index contributed by atoms with van der Waals surface area (Å²) in [6.07, 6.45) is 4.33. The largest absolute Gasteiger partial charge is 0.473 e. The van der Waals surface area contributed by atoms with Crippen molar-refractivity contribution in [3.63, 3.8) is 0 Å². The summed E-state index contributed by atoms with van der Waals surface area (Å²) in [7, 11) is 0. The molecule has 1 atom stereocenters. The lowest BCUT2D eigenvalue weighted by molar-refractivity contribution is 0.160. The third kappa shape index (κ3) is 3.97. The van der Waals surface area contributed by atoms with Crippen LogP contribution in [0.25, 0.3) is 0 Å². The average molecular weight is 294 g/mol. The zero-order valence-electron chi connectivity index (χ0n) is 8.28. The molecule has 0 aliphatic carbocycles. The Morgan fingerprint density at radius 2 is 2.33 bits per heavy atom. The van der Waals surface area contributed by atoms with Crippen LogP contribution >= 0.6 is 28.3 Å². The molecule has 1 saturated heterocycles. The van der Waals surface area contributed by atoms with Crippen LogP contribution in [0.2, 0.25) is 0 Å². The van der Waals surface area contributed by atoms with Gasteiger partial charge in [0.1, 0.15) is 6.10 Å². The lowest BCUT2D eigenvalue weighted by Gasteiger charge is -2.23. The molecule has 0 unspecified atom stereocenters. The Labute approximate surface area is 104 Å². The predicted molar refractivity (Wildman–Crippen MR) is 65.7 cm³/mol. The monoisotopic (exact) mass is 292 g/mol. The van der Waals surface area contributed by atoms with Gasteiger partial charge in [-0.15, -0.1) is 12.4 Å². The highest BCUT2D eigenvalue weighted by Crippen LogP contribution is 2.15. The van der Waals surface area contributed by atoms with Gasteiger partial charge in [0.15, 0.2) is 0 Å². The van der Waals surface area contributed by atoms with Gasteiger partial charge in [0.25, 0.3) is 0 Å². The highest BCUT2D eigenvalue weighted by molar-refractivity contribution is 9.10. The number of hydrogen-bond acceptors (Lipinski definition) is 3. The molecule has 5 heteroatoms. The lowest BCUT2D eigenvalue weighted by Crippen LogP contribution is -2.37. The molecule has 84 valence electrons. The summed E-state index contributed by atoms with van der Waals surface area (Å²) < 4.78 is 6.69. The molecule has 0 bridgehead atoms. The van der Waals surface area contributed by atoms with Crippen LogP contribution in [-0.2, 0) is 0 Å². The van der Waals surface area contributed by atoms with E-state index in [0.717, 1.165) is 24.0 Å². The minimum Gasteiger partial charge on any atom is -0.473 e. The zero-order chi connectivity index (χ0) is 9.80. The van der Waals surface area contributed by atoms with Crippen molar-refractivity contribution in [2.45, 2.75) is 18.9 Å². The molecule has 1 aromatic rings. The third-order valence-corrected chi connectivity index (χ3v) is 2.71. The Bertz CT molecular complexity index is 288. The summed E-state index contributed by atoms with van der Waals surface area (Å²) in [5.74, 6) is 0.710. The second-order valence-electron chi connectivity index (χ2n) is 3.40. The van der Waals surface area contributed by atoms with E-state index in [2.05, 4.69) is 26.2 Å². The standard InChI is InChI=1S/C10H13BrN2O.ClH/c11-8-3-4-10(13-6-8)14-9-2-1-5-12-7-9;/h3-4,6,9,12H,1-2,5,7H2;1H/t9-;/m1./s1. The van der Waals surface area contributed by atoms with Gasteiger partial charge >= 0.3 is 0 Å². The number of aromatic nitrogens is 1. The smallest absolute Gasteiger partial charge is 0.213 e. The molecule has 2 heterocycles. The molecule has 0 amide bonds. The average Bonchev–Trinajstić information content (AvgIpc) is 2.23. The minimum atomic E-state index is 0. The molecule has 1 N–H and O–H groups in total. The van der Waals surface area contributed by atoms with Gasteiger partial charge in [-0.25, -0.2) is 4.98 Å². The minimum absolute atomic E-state index is 0. The van der Waals surface area contributed by atoms with E-state index in [1.807, 2.05) is 12.1 Å². The molecule has 1 fully saturated rings. The second kappa shape index (κ2) is 6.30. The molecule has 15 heavy (non-hydrogen) atoms. The number of piperidine rings is 1. The maximum Gasteiger partial charge on any atom is 0.213 e. The van der Waals surface area contributed by atoms with E-state index in [1.165, 1.54) is 6.42 Å². The van der Waals surface area contributed by atoms with E-state index in [9.17, 15) is 0 Å². The van der Waals surface area contributed by atoms with E-state index in [0.29, 0.717) is 5.88 Å². The van der Waals surface area contributed by atoms with E-state index in [1.54, 1.807) is 6.20 Å². The predicted octanol–water partition coefficient (Wildman–Crippen LogP) is 2.40. The molecule has 1 aliphatic heterocycles. The van der Waals surface area contributed by atoms with Crippen molar-refractivity contribution < 1.29 is 4.74 Å². The number of ether oxygens (including phenoxy) is 1. The first-order valence-electron chi connectivity index (χ1n) is 4.83. The van der Waals surface area contributed by atoms with Crippen molar-refractivity contribution in [3.05, 3.63) is 22.8 Å². The summed E-state index contributed by atoms with van der Waals surface area (Å²) in [5.41, 5.74) is 0. The Morgan fingerprint density at radius 1 is 1.47 bits per heavy atom. The van der Waals surface area contributed by atoms with E-state index in [-0.39, 0.29) is 18.5 Å². The summed E-state index contributed by atoms with van der Waals surface area (Å²) in [6.45, 7) is 2.03. The Hall–Kier alpha value is -0.320. The van der Waals surface area contributed by atoms with Gasteiger partial charge < -0.3 is 10.1 Å². The highest BCUT2D eigenvalue weighted by atomic mass is 79.9. The number of nitrogens with zero attached hydrogens (tertiary/aromatic N) is 1. The van der Waals surface area contributed by atoms with Crippen molar-refractivity contribution in [2.75, 3.05) is 13.1 Å². The van der Waals surface area contributed by atoms with Crippen LogP contribution in [0.1, 0.15) is 12.8 Å². The molecular weight excluding hydrogens is 279 g/mol. The number of rotatable bonds is 2. The van der Waals surface area contributed by atoms with Gasteiger partial charge in [0.05, 0.1) is 0 Å². The molecule has 0 saturated carbocycles. The van der Waals surface area contributed by atoms with Gasteiger partial charge in [-0.05, 0) is 41.4 Å². The summed E-state index contributed by atoms with van der Waals surface area (Å²) in [4.78, 5) is 4.18. The molecule has 2 rings (SSSR count). The first-order valence-corrected chi connectivity index (χ1v) is 5.63. The molecule has 0 spiro atoms. The molecular formula is C10H14BrClN2O. The van der Waals surface area contributed by atoms with Gasteiger partial charge in [-0.3, -0.25) is 0 Å². The lowest BCUT2D eigenvalue weighted by atomic mass is 10.1. The SMILES string of the molecule is Brc1ccc(O[C@@H]2CCCNC2)nc1.Cl. The maximum atomic E-state index is 5.72. The number of hydrogen-bond donors (Lipinski definition) is 1. The van der Waals surface area contributed by atoms with E-state index in [4.69, 9.17) is 4.74 Å². The van der Waals surface area contributed by atoms with Gasteiger partial charge in [-0.2, -0.15) is 0 Å². The molecule has 1 aliphatic rings. The Balaban J connectivity index is 0.00000112. The van der Waals surface area contributed by atoms with Gasteiger partial charge in [0, 0.05) is 23.3 Å². The van der Waals surface area contributed by atoms with E-state index >= 15 is 0 Å². The normalized spacial score (nSPS) is 20.5. The maximum absolute atomic E-state index is 5.72. The van der Waals surface area contributed by atoms with Crippen molar-refractivity contribution in [1.82, 2.24) is 10.3 Å². The summed E-state index contributed by atoms with van der Waals surface area (Å²) in [5, 5.41) is 3.30. The van der Waals surface area contributed by atoms with Gasteiger partial charge in [-0.1, -0.05) is 0 Å². The zero-order valence-corrected chi connectivity index (χ0v) is 10.7. The van der Waals surface area contributed by atoms with Crippen molar-refractivity contribution in [2.24, 2.45) is 0 Å². The number of halogens is 2. The first kappa shape index (κ1) is 12.7. The van der Waals surface area contributed by atoms with Crippen molar-refractivity contribution >= 4 is 28.3 Å². The first-order chi connectivity index (χ1) is 6.84. The van der Waals surface area contributed by atoms with Crippen LogP contribution in [0.3, 0.4) is 0 Å². The summed E-state index contributed by atoms with van der Waals surface area (Å²) in [6, 6.07) is 3.83. The Morgan fingerprint density at radius 3 is 2.93 bits per heavy atom. The summed E-state index contributed by atoms with van der Waals surface area (Å²) >= 11 is 3.34. The Kier molecular flexibility index (Phi) is 5.36. The quantitative estimate of drug-likeness (QED) is 0.909. The van der Waals surface area contributed by atoms with Crippen LogP contribution in [0.4, 0.5) is 0 Å². The topological polar surface area (TPSA) is 34.1 Å². The van der Waals surface area contributed by atoms with Crippen LogP contribution in [0, 0.1) is 0 Å². The van der Waals surface area contributed by atoms with Crippen molar-refractivity contribution in [3.8, 4) is 5.88 Å². The molecule has 0 aromatic carbocycles. The van der Waals surface area contributed by atoms with Crippen molar-refractivity contribution in [1.29, 1.82) is 0 Å².